The lowest BCUT2D eigenvalue weighted by molar-refractivity contribution is 0.413. The zero-order chi connectivity index (χ0) is 10.8. The van der Waals surface area contributed by atoms with E-state index in [0.717, 1.165) is 18.9 Å². The molecule has 0 amide bonds. The van der Waals surface area contributed by atoms with Crippen LogP contribution in [0.1, 0.15) is 13.3 Å². The van der Waals surface area contributed by atoms with Gasteiger partial charge in [-0.3, -0.25) is 0 Å². The summed E-state index contributed by atoms with van der Waals surface area (Å²) in [5, 5.41) is 0. The summed E-state index contributed by atoms with van der Waals surface area (Å²) >= 11 is 0. The smallest absolute Gasteiger partial charge is 0.204 e. The van der Waals surface area contributed by atoms with Crippen LogP contribution in [0.5, 0.6) is 5.75 Å². The predicted molar refractivity (Wildman–Crippen MR) is 59.0 cm³/mol. The monoisotopic (exact) mass is 208 g/mol. The van der Waals surface area contributed by atoms with Crippen molar-refractivity contribution in [1.29, 1.82) is 0 Å². The Balaban J connectivity index is 2.31. The molecule has 1 aliphatic heterocycles. The maximum Gasteiger partial charge on any atom is 0.204 e. The minimum Gasteiger partial charge on any atom is -0.490 e. The molecule has 1 atom stereocenters. The second-order valence-electron chi connectivity index (χ2n) is 3.96. The summed E-state index contributed by atoms with van der Waals surface area (Å²) in [6, 6.07) is 0. The average molecular weight is 208 g/mol. The molecule has 1 unspecified atom stereocenters. The second-order valence-corrected chi connectivity index (χ2v) is 3.96. The average Bonchev–Trinajstić information content (AvgIpc) is 2.64. The predicted octanol–water partition coefficient (Wildman–Crippen LogP) is 0.914. The number of methoxy groups -OCH3 is 1. The van der Waals surface area contributed by atoms with E-state index in [2.05, 4.69) is 21.8 Å². The van der Waals surface area contributed by atoms with E-state index in [1.165, 1.54) is 12.7 Å². The van der Waals surface area contributed by atoms with Crippen LogP contribution in [0.4, 0.5) is 11.6 Å². The first-order chi connectivity index (χ1) is 7.22. The maximum absolute atomic E-state index is 5.73. The molecule has 0 radical (unpaired) electrons. The molecule has 2 heterocycles. The van der Waals surface area contributed by atoms with Crippen LogP contribution >= 0.6 is 0 Å². The lowest BCUT2D eigenvalue weighted by atomic mass is 10.2. The molecule has 0 aliphatic carbocycles. The Morgan fingerprint density at radius 2 is 2.33 bits per heavy atom. The number of hydrogen-bond acceptors (Lipinski definition) is 5. The molecule has 5 nitrogen and oxygen atoms in total. The SMILES string of the molecule is COc1c(N)ncnc1N1CCC(C)C1. The highest BCUT2D eigenvalue weighted by Crippen LogP contribution is 2.32. The molecule has 5 heteroatoms. The number of ether oxygens (including phenoxy) is 1. The van der Waals surface area contributed by atoms with Crippen molar-refractivity contribution in [2.24, 2.45) is 5.92 Å². The van der Waals surface area contributed by atoms with E-state index in [1.807, 2.05) is 0 Å². The van der Waals surface area contributed by atoms with Crippen LogP contribution in [0, 0.1) is 5.92 Å². The molecule has 2 rings (SSSR count). The Bertz CT molecular complexity index is 355. The lowest BCUT2D eigenvalue weighted by Gasteiger charge is -2.19. The number of aromatic nitrogens is 2. The van der Waals surface area contributed by atoms with Crippen LogP contribution in [0.3, 0.4) is 0 Å². The van der Waals surface area contributed by atoms with Gasteiger partial charge in [0, 0.05) is 13.1 Å². The van der Waals surface area contributed by atoms with Crippen molar-refractivity contribution in [3.63, 3.8) is 0 Å². The maximum atomic E-state index is 5.73. The van der Waals surface area contributed by atoms with Crippen LogP contribution in [0.2, 0.25) is 0 Å². The Morgan fingerprint density at radius 1 is 1.53 bits per heavy atom. The van der Waals surface area contributed by atoms with Crippen molar-refractivity contribution in [3.8, 4) is 5.75 Å². The Kier molecular flexibility index (Phi) is 2.62. The number of nitrogen functional groups attached to an aromatic ring is 1. The molecule has 82 valence electrons. The molecule has 1 aliphatic rings. The van der Waals surface area contributed by atoms with Gasteiger partial charge >= 0.3 is 0 Å². The highest BCUT2D eigenvalue weighted by Gasteiger charge is 2.23. The van der Waals surface area contributed by atoms with Gasteiger partial charge in [0.25, 0.3) is 0 Å². The fourth-order valence-electron chi connectivity index (χ4n) is 1.93. The normalized spacial score (nSPS) is 20.7. The van der Waals surface area contributed by atoms with Crippen molar-refractivity contribution in [2.45, 2.75) is 13.3 Å². The molecule has 1 aromatic rings. The van der Waals surface area contributed by atoms with Crippen molar-refractivity contribution >= 4 is 11.6 Å². The Hall–Kier alpha value is -1.52. The summed E-state index contributed by atoms with van der Waals surface area (Å²) in [6.45, 7) is 4.25. The zero-order valence-corrected chi connectivity index (χ0v) is 9.10. The molecular formula is C10H16N4O. The summed E-state index contributed by atoms with van der Waals surface area (Å²) in [6.07, 6.45) is 2.67. The van der Waals surface area contributed by atoms with Gasteiger partial charge in [-0.15, -0.1) is 0 Å². The fourth-order valence-corrected chi connectivity index (χ4v) is 1.93. The quantitative estimate of drug-likeness (QED) is 0.782. The summed E-state index contributed by atoms with van der Waals surface area (Å²) < 4.78 is 5.23. The van der Waals surface area contributed by atoms with Crippen LogP contribution in [0.25, 0.3) is 0 Å². The summed E-state index contributed by atoms with van der Waals surface area (Å²) in [5.41, 5.74) is 5.73. The van der Waals surface area contributed by atoms with E-state index in [1.54, 1.807) is 7.11 Å². The van der Waals surface area contributed by atoms with Gasteiger partial charge < -0.3 is 15.4 Å². The van der Waals surface area contributed by atoms with Crippen LogP contribution in [-0.2, 0) is 0 Å². The van der Waals surface area contributed by atoms with Gasteiger partial charge in [-0.05, 0) is 12.3 Å². The summed E-state index contributed by atoms with van der Waals surface area (Å²) in [4.78, 5) is 10.3. The van der Waals surface area contributed by atoms with Gasteiger partial charge in [-0.1, -0.05) is 6.92 Å². The van der Waals surface area contributed by atoms with Gasteiger partial charge in [0.05, 0.1) is 7.11 Å². The van der Waals surface area contributed by atoms with Crippen LogP contribution in [0.15, 0.2) is 6.33 Å². The van der Waals surface area contributed by atoms with E-state index in [9.17, 15) is 0 Å². The molecule has 0 spiro atoms. The largest absolute Gasteiger partial charge is 0.490 e. The van der Waals surface area contributed by atoms with Crippen LogP contribution in [-0.4, -0.2) is 30.2 Å². The third kappa shape index (κ3) is 1.82. The Labute approximate surface area is 89.3 Å². The topological polar surface area (TPSA) is 64.3 Å². The van der Waals surface area contributed by atoms with E-state index in [0.29, 0.717) is 17.5 Å². The third-order valence-electron chi connectivity index (χ3n) is 2.74. The van der Waals surface area contributed by atoms with Crippen molar-refractivity contribution < 1.29 is 4.74 Å². The Morgan fingerprint density at radius 3 is 2.93 bits per heavy atom. The zero-order valence-electron chi connectivity index (χ0n) is 9.10. The minimum absolute atomic E-state index is 0.405. The third-order valence-corrected chi connectivity index (χ3v) is 2.74. The number of hydrogen-bond donors (Lipinski definition) is 1. The molecule has 1 aromatic heterocycles. The molecule has 1 saturated heterocycles. The number of nitrogens with zero attached hydrogens (tertiary/aromatic N) is 3. The number of nitrogens with two attached hydrogens (primary N) is 1. The molecule has 0 saturated carbocycles. The molecule has 15 heavy (non-hydrogen) atoms. The fraction of sp³-hybridized carbons (Fsp3) is 0.600. The molecule has 2 N–H and O–H groups in total. The lowest BCUT2D eigenvalue weighted by Crippen LogP contribution is -2.21. The first-order valence-electron chi connectivity index (χ1n) is 5.11. The molecular weight excluding hydrogens is 192 g/mol. The van der Waals surface area contributed by atoms with Gasteiger partial charge in [0.15, 0.2) is 11.6 Å². The van der Waals surface area contributed by atoms with Gasteiger partial charge in [-0.25, -0.2) is 9.97 Å². The first-order valence-corrected chi connectivity index (χ1v) is 5.11. The summed E-state index contributed by atoms with van der Waals surface area (Å²) in [5.74, 6) is 2.51. The van der Waals surface area contributed by atoms with Crippen LogP contribution < -0.4 is 15.4 Å². The second kappa shape index (κ2) is 3.92. The van der Waals surface area contributed by atoms with E-state index in [4.69, 9.17) is 10.5 Å². The van der Waals surface area contributed by atoms with Crippen molar-refractivity contribution in [1.82, 2.24) is 9.97 Å². The molecule has 0 bridgehead atoms. The van der Waals surface area contributed by atoms with Gasteiger partial charge in [0.1, 0.15) is 6.33 Å². The minimum atomic E-state index is 0.405. The molecule has 0 aromatic carbocycles. The highest BCUT2D eigenvalue weighted by molar-refractivity contribution is 5.63. The van der Waals surface area contributed by atoms with E-state index in [-0.39, 0.29) is 0 Å². The van der Waals surface area contributed by atoms with Crippen molar-refractivity contribution in [3.05, 3.63) is 6.33 Å². The van der Waals surface area contributed by atoms with E-state index >= 15 is 0 Å². The standard InChI is InChI=1S/C10H16N4O/c1-7-3-4-14(5-7)10-8(15-2)9(11)12-6-13-10/h6-7H,3-5H2,1-2H3,(H2,11,12,13). The summed E-state index contributed by atoms with van der Waals surface area (Å²) in [7, 11) is 1.60. The first kappa shape index (κ1) is 10.0. The highest BCUT2D eigenvalue weighted by atomic mass is 16.5. The van der Waals surface area contributed by atoms with E-state index < -0.39 is 0 Å². The number of rotatable bonds is 2. The van der Waals surface area contributed by atoms with Gasteiger partial charge in [0.2, 0.25) is 5.75 Å². The van der Waals surface area contributed by atoms with Crippen molar-refractivity contribution in [2.75, 3.05) is 30.8 Å². The number of anilines is 2. The molecule has 1 fully saturated rings. The van der Waals surface area contributed by atoms with Gasteiger partial charge in [-0.2, -0.15) is 0 Å².